The molecule has 0 aliphatic carbocycles. The Morgan fingerprint density at radius 1 is 1.00 bits per heavy atom. The summed E-state index contributed by atoms with van der Waals surface area (Å²) < 4.78 is 0. The summed E-state index contributed by atoms with van der Waals surface area (Å²) >= 11 is 6.00. The third-order valence-corrected chi connectivity index (χ3v) is 3.67. The lowest BCUT2D eigenvalue weighted by molar-refractivity contribution is 0.722. The van der Waals surface area contributed by atoms with E-state index >= 15 is 0 Å². The Kier molecular flexibility index (Phi) is 6.42. The van der Waals surface area contributed by atoms with E-state index in [2.05, 4.69) is 47.5 Å². The van der Waals surface area contributed by atoms with Crippen LogP contribution in [0.15, 0.2) is 54.6 Å². The summed E-state index contributed by atoms with van der Waals surface area (Å²) in [7, 11) is 0. The number of nitrogens with zero attached hydrogens (tertiary/aromatic N) is 1. The summed E-state index contributed by atoms with van der Waals surface area (Å²) in [5.41, 5.74) is 2.37. The predicted octanol–water partition coefficient (Wildman–Crippen LogP) is 5.06. The van der Waals surface area contributed by atoms with E-state index in [1.54, 1.807) is 0 Å². The van der Waals surface area contributed by atoms with E-state index in [0.29, 0.717) is 0 Å². The molecule has 0 saturated carbocycles. The first kappa shape index (κ1) is 15.7. The molecule has 0 fully saturated rings. The lowest BCUT2D eigenvalue weighted by Gasteiger charge is -2.25. The highest BCUT2D eigenvalue weighted by atomic mass is 35.5. The van der Waals surface area contributed by atoms with Gasteiger partial charge >= 0.3 is 0 Å². The van der Waals surface area contributed by atoms with Crippen molar-refractivity contribution in [3.8, 4) is 0 Å². The van der Waals surface area contributed by atoms with E-state index in [4.69, 9.17) is 11.6 Å². The average molecular weight is 303 g/mol. The second-order valence-corrected chi connectivity index (χ2v) is 5.55. The Morgan fingerprint density at radius 3 is 2.52 bits per heavy atom. The molecule has 0 heterocycles. The van der Waals surface area contributed by atoms with Gasteiger partial charge in [-0.05, 0) is 36.8 Å². The fourth-order valence-corrected chi connectivity index (χ4v) is 2.48. The summed E-state index contributed by atoms with van der Waals surface area (Å²) in [4.78, 5) is 2.43. The highest BCUT2D eigenvalue weighted by Crippen LogP contribution is 2.16. The molecular formula is C18H23ClN2. The van der Waals surface area contributed by atoms with Gasteiger partial charge in [0.15, 0.2) is 0 Å². The number of hydrogen-bond donors (Lipinski definition) is 1. The lowest BCUT2D eigenvalue weighted by Crippen LogP contribution is -2.30. The largest absolute Gasteiger partial charge is 0.383 e. The fourth-order valence-electron chi connectivity index (χ4n) is 2.29. The molecule has 2 aromatic carbocycles. The van der Waals surface area contributed by atoms with Crippen molar-refractivity contribution in [2.75, 3.05) is 29.9 Å². The zero-order valence-corrected chi connectivity index (χ0v) is 13.3. The highest BCUT2D eigenvalue weighted by Gasteiger charge is 2.05. The molecule has 1 N–H and O–H groups in total. The zero-order valence-electron chi connectivity index (χ0n) is 12.6. The summed E-state index contributed by atoms with van der Waals surface area (Å²) in [5, 5.41) is 4.21. The van der Waals surface area contributed by atoms with Crippen molar-refractivity contribution < 1.29 is 0 Å². The molecule has 0 saturated heterocycles. The summed E-state index contributed by atoms with van der Waals surface area (Å²) in [5.74, 6) is 0. The van der Waals surface area contributed by atoms with Crippen molar-refractivity contribution in [2.45, 2.75) is 19.8 Å². The minimum absolute atomic E-state index is 0.769. The number of unbranched alkanes of at least 4 members (excludes halogenated alkanes) is 1. The third-order valence-electron chi connectivity index (χ3n) is 3.44. The summed E-state index contributed by atoms with van der Waals surface area (Å²) in [6, 6.07) is 18.5. The number of nitrogens with one attached hydrogen (secondary N) is 1. The van der Waals surface area contributed by atoms with Gasteiger partial charge in [0.05, 0.1) is 0 Å². The Morgan fingerprint density at radius 2 is 1.81 bits per heavy atom. The van der Waals surface area contributed by atoms with E-state index in [-0.39, 0.29) is 0 Å². The SMILES string of the molecule is CCCCN(CCNc1cccc(Cl)c1)c1ccccc1. The van der Waals surface area contributed by atoms with Crippen molar-refractivity contribution >= 4 is 23.0 Å². The van der Waals surface area contributed by atoms with Crippen molar-refractivity contribution in [1.29, 1.82) is 0 Å². The van der Waals surface area contributed by atoms with Gasteiger partial charge in [0.25, 0.3) is 0 Å². The van der Waals surface area contributed by atoms with Crippen molar-refractivity contribution in [2.24, 2.45) is 0 Å². The standard InChI is InChI=1S/C18H23ClN2/c1-2-3-13-21(18-10-5-4-6-11-18)14-12-20-17-9-7-8-16(19)15-17/h4-11,15,20H,2-3,12-14H2,1H3. The topological polar surface area (TPSA) is 15.3 Å². The monoisotopic (exact) mass is 302 g/mol. The molecule has 21 heavy (non-hydrogen) atoms. The number of halogens is 1. The summed E-state index contributed by atoms with van der Waals surface area (Å²) in [6.07, 6.45) is 2.43. The molecule has 0 amide bonds. The number of anilines is 2. The molecule has 0 spiro atoms. The summed E-state index contributed by atoms with van der Waals surface area (Å²) in [6.45, 7) is 5.21. The third kappa shape index (κ3) is 5.31. The quantitative estimate of drug-likeness (QED) is 0.733. The van der Waals surface area contributed by atoms with Crippen LogP contribution in [0.4, 0.5) is 11.4 Å². The number of benzene rings is 2. The van der Waals surface area contributed by atoms with Crippen LogP contribution in [0.5, 0.6) is 0 Å². The Hall–Kier alpha value is -1.67. The molecule has 2 aromatic rings. The van der Waals surface area contributed by atoms with Crippen molar-refractivity contribution in [3.05, 3.63) is 59.6 Å². The number of hydrogen-bond acceptors (Lipinski definition) is 2. The second-order valence-electron chi connectivity index (χ2n) is 5.11. The maximum atomic E-state index is 6.00. The van der Waals surface area contributed by atoms with Crippen molar-refractivity contribution in [1.82, 2.24) is 0 Å². The predicted molar refractivity (Wildman–Crippen MR) is 93.5 cm³/mol. The average Bonchev–Trinajstić information content (AvgIpc) is 2.51. The molecule has 0 aliphatic heterocycles. The highest BCUT2D eigenvalue weighted by molar-refractivity contribution is 6.30. The zero-order chi connectivity index (χ0) is 14.9. The van der Waals surface area contributed by atoms with E-state index in [0.717, 1.165) is 30.3 Å². The maximum absolute atomic E-state index is 6.00. The molecule has 0 atom stereocenters. The van der Waals surface area contributed by atoms with Gasteiger partial charge in [-0.25, -0.2) is 0 Å². The Bertz CT molecular complexity index is 528. The van der Waals surface area contributed by atoms with Gasteiger partial charge in [0, 0.05) is 36.0 Å². The van der Waals surface area contributed by atoms with E-state index in [1.165, 1.54) is 18.5 Å². The minimum atomic E-state index is 0.769. The smallest absolute Gasteiger partial charge is 0.0426 e. The molecule has 0 aliphatic rings. The molecular weight excluding hydrogens is 280 g/mol. The van der Waals surface area contributed by atoms with Crippen LogP contribution >= 0.6 is 11.6 Å². The van der Waals surface area contributed by atoms with Crippen LogP contribution in [0, 0.1) is 0 Å². The second kappa shape index (κ2) is 8.58. The minimum Gasteiger partial charge on any atom is -0.383 e. The lowest BCUT2D eigenvalue weighted by atomic mass is 10.2. The van der Waals surface area contributed by atoms with Crippen LogP contribution < -0.4 is 10.2 Å². The molecule has 0 bridgehead atoms. The first-order valence-corrected chi connectivity index (χ1v) is 7.97. The van der Waals surface area contributed by atoms with Crippen LogP contribution in [0.3, 0.4) is 0 Å². The van der Waals surface area contributed by atoms with Gasteiger partial charge in [-0.3, -0.25) is 0 Å². The van der Waals surface area contributed by atoms with Crippen molar-refractivity contribution in [3.63, 3.8) is 0 Å². The molecule has 0 aromatic heterocycles. The van der Waals surface area contributed by atoms with Crippen LogP contribution in [0.25, 0.3) is 0 Å². The molecule has 2 nitrogen and oxygen atoms in total. The van der Waals surface area contributed by atoms with E-state index in [9.17, 15) is 0 Å². The van der Waals surface area contributed by atoms with Gasteiger partial charge in [0.2, 0.25) is 0 Å². The molecule has 0 unspecified atom stereocenters. The first-order valence-electron chi connectivity index (χ1n) is 7.59. The van der Waals surface area contributed by atoms with Crippen LogP contribution in [-0.4, -0.2) is 19.6 Å². The van der Waals surface area contributed by atoms with Gasteiger partial charge in [-0.15, -0.1) is 0 Å². The van der Waals surface area contributed by atoms with E-state index in [1.807, 2.05) is 24.3 Å². The molecule has 112 valence electrons. The Balaban J connectivity index is 1.90. The van der Waals surface area contributed by atoms with Gasteiger partial charge in [0.1, 0.15) is 0 Å². The first-order chi connectivity index (χ1) is 10.3. The van der Waals surface area contributed by atoms with Crippen LogP contribution in [-0.2, 0) is 0 Å². The number of rotatable bonds is 8. The number of para-hydroxylation sites is 1. The normalized spacial score (nSPS) is 10.4. The van der Waals surface area contributed by atoms with Gasteiger partial charge < -0.3 is 10.2 Å². The van der Waals surface area contributed by atoms with Gasteiger partial charge in [-0.1, -0.05) is 49.2 Å². The Labute approximate surface area is 132 Å². The van der Waals surface area contributed by atoms with E-state index < -0.39 is 0 Å². The molecule has 0 radical (unpaired) electrons. The van der Waals surface area contributed by atoms with Crippen LogP contribution in [0.2, 0.25) is 5.02 Å². The maximum Gasteiger partial charge on any atom is 0.0426 e. The molecule has 3 heteroatoms. The van der Waals surface area contributed by atoms with Gasteiger partial charge in [-0.2, -0.15) is 0 Å². The fraction of sp³-hybridized carbons (Fsp3) is 0.333. The molecule has 2 rings (SSSR count). The van der Waals surface area contributed by atoms with Crippen LogP contribution in [0.1, 0.15) is 19.8 Å².